The van der Waals surface area contributed by atoms with Crippen molar-refractivity contribution >= 4 is 17.9 Å². The number of hydrogen-bond acceptors (Lipinski definition) is 3. The number of aliphatic carboxylic acids is 1. The van der Waals surface area contributed by atoms with Crippen LogP contribution in [0.25, 0.3) is 0 Å². The summed E-state index contributed by atoms with van der Waals surface area (Å²) in [6.07, 6.45) is 0.766. The van der Waals surface area contributed by atoms with Crippen molar-refractivity contribution in [1.82, 2.24) is 15.5 Å². The average molecular weight is 299 g/mol. The topological polar surface area (TPSA) is 98.7 Å². The molecule has 120 valence electrons. The minimum Gasteiger partial charge on any atom is -0.481 e. The van der Waals surface area contributed by atoms with Crippen LogP contribution in [0.3, 0.4) is 0 Å². The Labute approximate surface area is 125 Å². The molecule has 7 heteroatoms. The molecule has 0 radical (unpaired) electrons. The van der Waals surface area contributed by atoms with Crippen LogP contribution in [0.2, 0.25) is 0 Å². The van der Waals surface area contributed by atoms with Gasteiger partial charge in [0.25, 0.3) is 0 Å². The summed E-state index contributed by atoms with van der Waals surface area (Å²) < 4.78 is 0. The Morgan fingerprint density at radius 1 is 1.29 bits per heavy atom. The third kappa shape index (κ3) is 6.01. The number of hydrogen-bond donors (Lipinski definition) is 3. The summed E-state index contributed by atoms with van der Waals surface area (Å²) >= 11 is 0. The second-order valence-corrected chi connectivity index (χ2v) is 6.01. The van der Waals surface area contributed by atoms with Crippen molar-refractivity contribution in [2.75, 3.05) is 19.6 Å². The van der Waals surface area contributed by atoms with Gasteiger partial charge in [0.05, 0.1) is 0 Å². The molecule has 0 aromatic rings. The molecule has 0 aromatic carbocycles. The van der Waals surface area contributed by atoms with Crippen LogP contribution < -0.4 is 10.6 Å². The summed E-state index contributed by atoms with van der Waals surface area (Å²) in [7, 11) is 0. The standard InChI is InChI=1S/C14H25N3O4/c1-9(2)7-15-13(20)10(3)16-14(21)17-5-4-11(8-17)6-12(18)19/h9-11H,4-8H2,1-3H3,(H,15,20)(H,16,21)(H,18,19). The molecule has 2 unspecified atom stereocenters. The van der Waals surface area contributed by atoms with E-state index in [1.165, 1.54) is 0 Å². The van der Waals surface area contributed by atoms with Crippen LogP contribution >= 0.6 is 0 Å². The van der Waals surface area contributed by atoms with E-state index in [0.717, 1.165) is 0 Å². The van der Waals surface area contributed by atoms with Crippen LogP contribution in [0.15, 0.2) is 0 Å². The number of rotatable bonds is 6. The molecule has 3 N–H and O–H groups in total. The molecule has 21 heavy (non-hydrogen) atoms. The number of nitrogens with one attached hydrogen (secondary N) is 2. The first kappa shape index (κ1) is 17.3. The molecule has 1 aliphatic heterocycles. The second-order valence-electron chi connectivity index (χ2n) is 6.01. The SMILES string of the molecule is CC(C)CNC(=O)C(C)NC(=O)N1CCC(CC(=O)O)C1. The van der Waals surface area contributed by atoms with E-state index in [9.17, 15) is 14.4 Å². The molecule has 0 bridgehead atoms. The minimum atomic E-state index is -0.844. The number of carboxylic acids is 1. The fraction of sp³-hybridized carbons (Fsp3) is 0.786. The van der Waals surface area contributed by atoms with Crippen molar-refractivity contribution in [3.63, 3.8) is 0 Å². The largest absolute Gasteiger partial charge is 0.481 e. The summed E-state index contributed by atoms with van der Waals surface area (Å²) in [5, 5.41) is 14.2. The molecule has 3 amide bonds. The third-order valence-electron chi connectivity index (χ3n) is 3.45. The first-order valence-electron chi connectivity index (χ1n) is 7.34. The van der Waals surface area contributed by atoms with Crippen LogP contribution in [-0.4, -0.2) is 53.6 Å². The molecular weight excluding hydrogens is 274 g/mol. The summed E-state index contributed by atoms with van der Waals surface area (Å²) in [4.78, 5) is 36.0. The molecule has 0 aromatic heterocycles. The lowest BCUT2D eigenvalue weighted by Crippen LogP contribution is -2.49. The second kappa shape index (κ2) is 7.85. The minimum absolute atomic E-state index is 0.00155. The quantitative estimate of drug-likeness (QED) is 0.670. The first-order chi connectivity index (χ1) is 9.79. The summed E-state index contributed by atoms with van der Waals surface area (Å²) in [6, 6.07) is -0.912. The number of amides is 3. The Morgan fingerprint density at radius 2 is 1.95 bits per heavy atom. The average Bonchev–Trinajstić information content (AvgIpc) is 2.83. The summed E-state index contributed by atoms with van der Waals surface area (Å²) in [5.74, 6) is -0.701. The number of carboxylic acid groups (broad SMARTS) is 1. The summed E-state index contributed by atoms with van der Waals surface area (Å²) in [6.45, 7) is 7.16. The predicted octanol–water partition coefficient (Wildman–Crippen LogP) is 0.653. The van der Waals surface area contributed by atoms with Gasteiger partial charge in [-0.05, 0) is 25.2 Å². The molecule has 1 fully saturated rings. The molecule has 0 aliphatic carbocycles. The van der Waals surface area contributed by atoms with Gasteiger partial charge in [0.2, 0.25) is 5.91 Å². The van der Waals surface area contributed by atoms with Gasteiger partial charge in [0, 0.05) is 26.1 Å². The van der Waals surface area contributed by atoms with Crippen LogP contribution in [0.5, 0.6) is 0 Å². The molecule has 1 aliphatic rings. The zero-order valence-corrected chi connectivity index (χ0v) is 12.9. The number of carbonyl (C=O) groups excluding carboxylic acids is 2. The Balaban J connectivity index is 2.36. The van der Waals surface area contributed by atoms with Gasteiger partial charge in [-0.3, -0.25) is 9.59 Å². The van der Waals surface area contributed by atoms with Crippen molar-refractivity contribution in [2.45, 2.75) is 39.7 Å². The molecule has 2 atom stereocenters. The van der Waals surface area contributed by atoms with E-state index in [1.807, 2.05) is 13.8 Å². The van der Waals surface area contributed by atoms with Crippen molar-refractivity contribution in [3.05, 3.63) is 0 Å². The van der Waals surface area contributed by atoms with Crippen molar-refractivity contribution in [1.29, 1.82) is 0 Å². The number of urea groups is 1. The highest BCUT2D eigenvalue weighted by Gasteiger charge is 2.29. The van der Waals surface area contributed by atoms with Crippen LogP contribution in [0.4, 0.5) is 4.79 Å². The van der Waals surface area contributed by atoms with E-state index in [0.29, 0.717) is 32.0 Å². The maximum atomic E-state index is 12.0. The lowest BCUT2D eigenvalue weighted by Gasteiger charge is -2.21. The van der Waals surface area contributed by atoms with Gasteiger partial charge < -0.3 is 20.6 Å². The normalized spacial score (nSPS) is 19.4. The van der Waals surface area contributed by atoms with E-state index in [2.05, 4.69) is 10.6 Å². The monoisotopic (exact) mass is 299 g/mol. The highest BCUT2D eigenvalue weighted by molar-refractivity contribution is 5.86. The van der Waals surface area contributed by atoms with Gasteiger partial charge >= 0.3 is 12.0 Å². The number of likely N-dealkylation sites (tertiary alicyclic amines) is 1. The smallest absolute Gasteiger partial charge is 0.318 e. The van der Waals surface area contributed by atoms with E-state index < -0.39 is 12.0 Å². The van der Waals surface area contributed by atoms with E-state index in [-0.39, 0.29) is 24.3 Å². The Kier molecular flexibility index (Phi) is 6.45. The van der Waals surface area contributed by atoms with Gasteiger partial charge in [0.1, 0.15) is 6.04 Å². The molecule has 1 rings (SSSR count). The molecule has 7 nitrogen and oxygen atoms in total. The lowest BCUT2D eigenvalue weighted by atomic mass is 10.1. The zero-order valence-electron chi connectivity index (χ0n) is 12.9. The highest BCUT2D eigenvalue weighted by atomic mass is 16.4. The van der Waals surface area contributed by atoms with E-state index in [1.54, 1.807) is 11.8 Å². The maximum Gasteiger partial charge on any atom is 0.318 e. The van der Waals surface area contributed by atoms with Crippen LogP contribution in [-0.2, 0) is 9.59 Å². The predicted molar refractivity (Wildman–Crippen MR) is 77.8 cm³/mol. The van der Waals surface area contributed by atoms with Crippen molar-refractivity contribution < 1.29 is 19.5 Å². The first-order valence-corrected chi connectivity index (χ1v) is 7.34. The van der Waals surface area contributed by atoms with Crippen molar-refractivity contribution in [3.8, 4) is 0 Å². The number of carbonyl (C=O) groups is 3. The fourth-order valence-electron chi connectivity index (χ4n) is 2.23. The zero-order chi connectivity index (χ0) is 16.0. The van der Waals surface area contributed by atoms with Gasteiger partial charge in [-0.25, -0.2) is 4.79 Å². The van der Waals surface area contributed by atoms with E-state index in [4.69, 9.17) is 5.11 Å². The Hall–Kier alpha value is -1.79. The molecule has 0 saturated carbocycles. The highest BCUT2D eigenvalue weighted by Crippen LogP contribution is 2.19. The van der Waals surface area contributed by atoms with Gasteiger partial charge in [-0.15, -0.1) is 0 Å². The third-order valence-corrected chi connectivity index (χ3v) is 3.45. The summed E-state index contributed by atoms with van der Waals surface area (Å²) in [5.41, 5.74) is 0. The van der Waals surface area contributed by atoms with Crippen molar-refractivity contribution in [2.24, 2.45) is 11.8 Å². The Morgan fingerprint density at radius 3 is 2.52 bits per heavy atom. The lowest BCUT2D eigenvalue weighted by molar-refractivity contribution is -0.138. The number of nitrogens with zero attached hydrogens (tertiary/aromatic N) is 1. The molecule has 1 saturated heterocycles. The fourth-order valence-corrected chi connectivity index (χ4v) is 2.23. The van der Waals surface area contributed by atoms with Gasteiger partial charge in [-0.2, -0.15) is 0 Å². The van der Waals surface area contributed by atoms with Crippen LogP contribution in [0, 0.1) is 11.8 Å². The van der Waals surface area contributed by atoms with E-state index >= 15 is 0 Å². The van der Waals surface area contributed by atoms with Crippen LogP contribution in [0.1, 0.15) is 33.6 Å². The molecule has 0 spiro atoms. The van der Waals surface area contributed by atoms with Gasteiger partial charge in [0.15, 0.2) is 0 Å². The molecule has 1 heterocycles. The maximum absolute atomic E-state index is 12.0. The van der Waals surface area contributed by atoms with Gasteiger partial charge in [-0.1, -0.05) is 13.8 Å². The Bertz CT molecular complexity index is 398. The molecular formula is C14H25N3O4.